The summed E-state index contributed by atoms with van der Waals surface area (Å²) in [5.74, 6) is 1.11. The van der Waals surface area contributed by atoms with E-state index in [4.69, 9.17) is 5.10 Å². The monoisotopic (exact) mass is 301 g/mol. The predicted octanol–water partition coefficient (Wildman–Crippen LogP) is 5.30. The molecule has 1 heterocycles. The van der Waals surface area contributed by atoms with Crippen molar-refractivity contribution in [2.24, 2.45) is 0 Å². The van der Waals surface area contributed by atoms with E-state index in [9.17, 15) is 0 Å². The maximum atomic E-state index is 4.85. The lowest BCUT2D eigenvalue weighted by Gasteiger charge is -2.28. The quantitative estimate of drug-likeness (QED) is 0.774. The summed E-state index contributed by atoms with van der Waals surface area (Å²) < 4.78 is 2.12. The van der Waals surface area contributed by atoms with Crippen molar-refractivity contribution >= 4 is 16.7 Å². The summed E-state index contributed by atoms with van der Waals surface area (Å²) in [7, 11) is 0. The second-order valence-electron chi connectivity index (χ2n) is 9.29. The summed E-state index contributed by atoms with van der Waals surface area (Å²) in [6.07, 6.45) is 0. The Balaban J connectivity index is 2.73. The molecular formula is C19H31N3. The third-order valence-electron chi connectivity index (χ3n) is 3.67. The Kier molecular flexibility index (Phi) is 3.83. The van der Waals surface area contributed by atoms with Gasteiger partial charge in [-0.05, 0) is 64.7 Å². The lowest BCUT2D eigenvalue weighted by Crippen LogP contribution is -2.32. The van der Waals surface area contributed by atoms with Crippen molar-refractivity contribution in [1.82, 2.24) is 9.78 Å². The molecule has 122 valence electrons. The van der Waals surface area contributed by atoms with Gasteiger partial charge in [-0.25, -0.2) is 4.68 Å². The van der Waals surface area contributed by atoms with Crippen LogP contribution in [-0.2, 0) is 11.0 Å². The van der Waals surface area contributed by atoms with Crippen LogP contribution in [0, 0.1) is 0 Å². The second kappa shape index (κ2) is 5.00. The molecule has 22 heavy (non-hydrogen) atoms. The van der Waals surface area contributed by atoms with Crippen molar-refractivity contribution in [3.05, 3.63) is 23.8 Å². The Bertz CT molecular complexity index is 673. The van der Waals surface area contributed by atoms with E-state index in [2.05, 4.69) is 90.5 Å². The van der Waals surface area contributed by atoms with Gasteiger partial charge in [-0.15, -0.1) is 0 Å². The lowest BCUT2D eigenvalue weighted by molar-refractivity contribution is 0.360. The van der Waals surface area contributed by atoms with Crippen LogP contribution in [-0.4, -0.2) is 15.3 Å². The van der Waals surface area contributed by atoms with E-state index in [1.54, 1.807) is 0 Å². The Morgan fingerprint density at radius 3 is 1.95 bits per heavy atom. The number of benzene rings is 1. The Morgan fingerprint density at radius 2 is 1.50 bits per heavy atom. The molecule has 0 atom stereocenters. The van der Waals surface area contributed by atoms with Crippen molar-refractivity contribution in [1.29, 1.82) is 0 Å². The minimum Gasteiger partial charge on any atom is -0.365 e. The van der Waals surface area contributed by atoms with Gasteiger partial charge in [-0.2, -0.15) is 5.10 Å². The van der Waals surface area contributed by atoms with E-state index < -0.39 is 0 Å². The van der Waals surface area contributed by atoms with Gasteiger partial charge in [0.05, 0.1) is 11.1 Å². The first-order valence-corrected chi connectivity index (χ1v) is 8.11. The molecule has 1 aromatic heterocycles. The maximum Gasteiger partial charge on any atom is 0.133 e. The number of rotatable bonds is 1. The van der Waals surface area contributed by atoms with Gasteiger partial charge in [-0.1, -0.05) is 26.8 Å². The van der Waals surface area contributed by atoms with E-state index in [-0.39, 0.29) is 16.5 Å². The van der Waals surface area contributed by atoms with Crippen LogP contribution < -0.4 is 5.32 Å². The molecule has 2 rings (SSSR count). The fourth-order valence-corrected chi connectivity index (χ4v) is 2.51. The van der Waals surface area contributed by atoms with Crippen LogP contribution in [0.3, 0.4) is 0 Å². The van der Waals surface area contributed by atoms with E-state index in [1.165, 1.54) is 10.9 Å². The van der Waals surface area contributed by atoms with Crippen LogP contribution in [0.15, 0.2) is 18.2 Å². The molecule has 0 bridgehead atoms. The summed E-state index contributed by atoms with van der Waals surface area (Å²) in [6.45, 7) is 19.9. The van der Waals surface area contributed by atoms with Gasteiger partial charge in [-0.3, -0.25) is 0 Å². The molecule has 0 fully saturated rings. The normalized spacial score (nSPS) is 13.7. The van der Waals surface area contributed by atoms with Gasteiger partial charge in [0, 0.05) is 10.9 Å². The third-order valence-corrected chi connectivity index (χ3v) is 3.67. The van der Waals surface area contributed by atoms with E-state index in [1.807, 2.05) is 0 Å². The molecular weight excluding hydrogens is 270 g/mol. The van der Waals surface area contributed by atoms with Crippen LogP contribution in [0.1, 0.15) is 67.9 Å². The number of hydrogen-bond acceptors (Lipinski definition) is 2. The second-order valence-corrected chi connectivity index (χ2v) is 9.29. The Labute approximate surface area is 135 Å². The summed E-state index contributed by atoms with van der Waals surface area (Å²) in [4.78, 5) is 0. The fraction of sp³-hybridized carbons (Fsp3) is 0.632. The molecule has 1 aromatic carbocycles. The summed E-state index contributed by atoms with van der Waals surface area (Å²) in [6, 6.07) is 6.63. The number of hydrogen-bond donors (Lipinski definition) is 1. The molecule has 0 amide bonds. The zero-order chi connectivity index (χ0) is 16.9. The number of nitrogens with one attached hydrogen (secondary N) is 1. The molecule has 1 N–H and O–H groups in total. The molecule has 2 aromatic rings. The zero-order valence-electron chi connectivity index (χ0n) is 15.6. The first-order valence-electron chi connectivity index (χ1n) is 8.11. The average molecular weight is 301 g/mol. The predicted molar refractivity (Wildman–Crippen MR) is 96.8 cm³/mol. The highest BCUT2D eigenvalue weighted by Gasteiger charge is 2.25. The molecule has 0 saturated heterocycles. The summed E-state index contributed by atoms with van der Waals surface area (Å²) >= 11 is 0. The van der Waals surface area contributed by atoms with Crippen molar-refractivity contribution in [2.75, 3.05) is 5.32 Å². The molecule has 3 heteroatoms. The highest BCUT2D eigenvalue weighted by molar-refractivity contribution is 5.91. The first-order chi connectivity index (χ1) is 9.79. The minimum absolute atomic E-state index is 0.00625. The van der Waals surface area contributed by atoms with Crippen LogP contribution in [0.25, 0.3) is 10.9 Å². The van der Waals surface area contributed by atoms with Gasteiger partial charge < -0.3 is 5.32 Å². The van der Waals surface area contributed by atoms with Crippen molar-refractivity contribution in [2.45, 2.75) is 78.8 Å². The van der Waals surface area contributed by atoms with E-state index in [0.717, 1.165) is 11.3 Å². The molecule has 3 nitrogen and oxygen atoms in total. The van der Waals surface area contributed by atoms with Gasteiger partial charge in [0.15, 0.2) is 0 Å². The smallest absolute Gasteiger partial charge is 0.133 e. The van der Waals surface area contributed by atoms with Crippen LogP contribution >= 0.6 is 0 Å². The fourth-order valence-electron chi connectivity index (χ4n) is 2.51. The number of fused-ring (bicyclic) bond motifs is 1. The van der Waals surface area contributed by atoms with Crippen molar-refractivity contribution < 1.29 is 0 Å². The lowest BCUT2D eigenvalue weighted by atomic mass is 9.86. The average Bonchev–Trinajstić information content (AvgIpc) is 2.64. The van der Waals surface area contributed by atoms with Gasteiger partial charge in [0.2, 0.25) is 0 Å². The molecule has 0 radical (unpaired) electrons. The van der Waals surface area contributed by atoms with E-state index in [0.29, 0.717) is 0 Å². The highest BCUT2D eigenvalue weighted by Crippen LogP contribution is 2.34. The molecule has 0 saturated carbocycles. The Hall–Kier alpha value is -1.51. The third kappa shape index (κ3) is 3.45. The van der Waals surface area contributed by atoms with Gasteiger partial charge >= 0.3 is 0 Å². The molecule has 0 aliphatic carbocycles. The maximum absolute atomic E-state index is 4.85. The van der Waals surface area contributed by atoms with Gasteiger partial charge in [0.25, 0.3) is 0 Å². The number of aromatic nitrogens is 2. The van der Waals surface area contributed by atoms with Gasteiger partial charge in [0.1, 0.15) is 5.82 Å². The van der Waals surface area contributed by atoms with E-state index >= 15 is 0 Å². The standard InChI is InChI=1S/C19H31N3/c1-17(2,3)13-10-11-15-14(12-13)16(20-18(4,5)6)22(21-15)19(7,8)9/h10-12,20H,1-9H3. The topological polar surface area (TPSA) is 29.9 Å². The van der Waals surface area contributed by atoms with Crippen LogP contribution in [0.5, 0.6) is 0 Å². The SMILES string of the molecule is CC(C)(C)Nc1c2cc(C(C)(C)C)ccc2nn1C(C)(C)C. The first kappa shape index (κ1) is 16.9. The van der Waals surface area contributed by atoms with Crippen molar-refractivity contribution in [3.8, 4) is 0 Å². The molecule has 0 unspecified atom stereocenters. The molecule has 0 aliphatic heterocycles. The summed E-state index contributed by atoms with van der Waals surface area (Å²) in [5.41, 5.74) is 2.46. The number of anilines is 1. The molecule has 0 spiro atoms. The van der Waals surface area contributed by atoms with Crippen LogP contribution in [0.2, 0.25) is 0 Å². The van der Waals surface area contributed by atoms with Crippen LogP contribution in [0.4, 0.5) is 5.82 Å². The summed E-state index contributed by atoms with van der Waals surface area (Å²) in [5, 5.41) is 9.71. The highest BCUT2D eigenvalue weighted by atomic mass is 15.4. The molecule has 0 aliphatic rings. The largest absolute Gasteiger partial charge is 0.365 e. The van der Waals surface area contributed by atoms with Crippen molar-refractivity contribution in [3.63, 3.8) is 0 Å². The Morgan fingerprint density at radius 1 is 0.909 bits per heavy atom. The minimum atomic E-state index is -0.0610. The number of nitrogens with zero attached hydrogens (tertiary/aromatic N) is 2. The zero-order valence-corrected chi connectivity index (χ0v) is 15.6.